The first-order valence-electron chi connectivity index (χ1n) is 5.80. The molecule has 0 amide bonds. The highest BCUT2D eigenvalue weighted by Gasteiger charge is 2.12. The number of fused-ring (bicyclic) bond motifs is 1. The fraction of sp³-hybridized carbons (Fsp3) is 0.0667. The topological polar surface area (TPSA) is 45.8 Å². The summed E-state index contributed by atoms with van der Waals surface area (Å²) in [5.41, 5.74) is 3.54. The van der Waals surface area contributed by atoms with E-state index in [4.69, 9.17) is 0 Å². The standard InChI is InChI=1S/C15H12N2O/c1-10(18)11-5-2-3-6-12(11)14-9-17-15-13(14)7-4-8-16-15/h2-9H,1H3,(H,16,17). The number of aromatic nitrogens is 2. The maximum absolute atomic E-state index is 11.7. The van der Waals surface area contributed by atoms with E-state index >= 15 is 0 Å². The van der Waals surface area contributed by atoms with Gasteiger partial charge in [0.15, 0.2) is 5.78 Å². The van der Waals surface area contributed by atoms with Crippen LogP contribution < -0.4 is 0 Å². The van der Waals surface area contributed by atoms with Gasteiger partial charge in [-0.05, 0) is 24.6 Å². The molecule has 1 aromatic carbocycles. The molecule has 0 saturated carbocycles. The van der Waals surface area contributed by atoms with Crippen LogP contribution in [0.25, 0.3) is 22.2 Å². The molecular formula is C15H12N2O. The number of hydrogen-bond donors (Lipinski definition) is 1. The third-order valence-electron chi connectivity index (χ3n) is 3.05. The summed E-state index contributed by atoms with van der Waals surface area (Å²) >= 11 is 0. The molecule has 3 heteroatoms. The molecule has 0 atom stereocenters. The van der Waals surface area contributed by atoms with Crippen molar-refractivity contribution < 1.29 is 4.79 Å². The molecule has 18 heavy (non-hydrogen) atoms. The summed E-state index contributed by atoms with van der Waals surface area (Å²) in [7, 11) is 0. The van der Waals surface area contributed by atoms with Gasteiger partial charge in [0.05, 0.1) is 0 Å². The number of nitrogens with zero attached hydrogens (tertiary/aromatic N) is 1. The van der Waals surface area contributed by atoms with Crippen molar-refractivity contribution in [2.75, 3.05) is 0 Å². The summed E-state index contributed by atoms with van der Waals surface area (Å²) in [5.74, 6) is 0.0730. The van der Waals surface area contributed by atoms with Crippen LogP contribution >= 0.6 is 0 Å². The number of ketones is 1. The van der Waals surface area contributed by atoms with Crippen LogP contribution in [0, 0.1) is 0 Å². The van der Waals surface area contributed by atoms with E-state index in [1.807, 2.05) is 42.6 Å². The van der Waals surface area contributed by atoms with Gasteiger partial charge in [0, 0.05) is 28.9 Å². The first kappa shape index (κ1) is 10.7. The van der Waals surface area contributed by atoms with E-state index in [9.17, 15) is 4.79 Å². The van der Waals surface area contributed by atoms with Crippen LogP contribution in [0.3, 0.4) is 0 Å². The lowest BCUT2D eigenvalue weighted by molar-refractivity contribution is 0.101. The number of Topliss-reactive ketones (excluding diaryl/α,β-unsaturated/α-hetero) is 1. The second-order valence-corrected chi connectivity index (χ2v) is 4.20. The zero-order valence-corrected chi connectivity index (χ0v) is 9.97. The Morgan fingerprint density at radius 1 is 1.11 bits per heavy atom. The molecule has 88 valence electrons. The number of hydrogen-bond acceptors (Lipinski definition) is 2. The van der Waals surface area contributed by atoms with Crippen molar-refractivity contribution in [3.05, 3.63) is 54.4 Å². The number of rotatable bonds is 2. The predicted molar refractivity (Wildman–Crippen MR) is 71.5 cm³/mol. The normalized spacial score (nSPS) is 10.7. The predicted octanol–water partition coefficient (Wildman–Crippen LogP) is 3.43. The third-order valence-corrected chi connectivity index (χ3v) is 3.05. The molecule has 3 rings (SSSR count). The van der Waals surface area contributed by atoms with E-state index in [0.717, 1.165) is 27.7 Å². The lowest BCUT2D eigenvalue weighted by Gasteiger charge is -2.05. The minimum Gasteiger partial charge on any atom is -0.346 e. The number of aromatic amines is 1. The number of carbonyl (C=O) groups excluding carboxylic acids is 1. The Labute approximate surface area is 104 Å². The summed E-state index contributed by atoms with van der Waals surface area (Å²) < 4.78 is 0. The molecule has 3 nitrogen and oxygen atoms in total. The molecule has 0 aliphatic rings. The maximum Gasteiger partial charge on any atom is 0.160 e. The quantitative estimate of drug-likeness (QED) is 0.693. The van der Waals surface area contributed by atoms with Crippen molar-refractivity contribution in [3.63, 3.8) is 0 Å². The van der Waals surface area contributed by atoms with Gasteiger partial charge in [-0.1, -0.05) is 24.3 Å². The first-order chi connectivity index (χ1) is 8.77. The van der Waals surface area contributed by atoms with Crippen molar-refractivity contribution in [2.24, 2.45) is 0 Å². The smallest absolute Gasteiger partial charge is 0.160 e. The average Bonchev–Trinajstić information content (AvgIpc) is 2.82. The number of nitrogens with one attached hydrogen (secondary N) is 1. The van der Waals surface area contributed by atoms with Crippen molar-refractivity contribution in [2.45, 2.75) is 6.92 Å². The van der Waals surface area contributed by atoms with Crippen LogP contribution in [0.15, 0.2) is 48.8 Å². The van der Waals surface area contributed by atoms with Gasteiger partial charge in [0.25, 0.3) is 0 Å². The van der Waals surface area contributed by atoms with Crippen LogP contribution in [0.2, 0.25) is 0 Å². The van der Waals surface area contributed by atoms with Crippen molar-refractivity contribution >= 4 is 16.8 Å². The van der Waals surface area contributed by atoms with E-state index in [0.29, 0.717) is 0 Å². The second kappa shape index (κ2) is 4.11. The Morgan fingerprint density at radius 2 is 1.94 bits per heavy atom. The van der Waals surface area contributed by atoms with E-state index in [-0.39, 0.29) is 5.78 Å². The van der Waals surface area contributed by atoms with Crippen LogP contribution in [0.4, 0.5) is 0 Å². The van der Waals surface area contributed by atoms with Crippen LogP contribution in [-0.2, 0) is 0 Å². The van der Waals surface area contributed by atoms with Gasteiger partial charge in [0.1, 0.15) is 5.65 Å². The van der Waals surface area contributed by atoms with Gasteiger partial charge in [0.2, 0.25) is 0 Å². The molecule has 0 radical (unpaired) electrons. The van der Waals surface area contributed by atoms with Crippen LogP contribution in [0.5, 0.6) is 0 Å². The fourth-order valence-corrected chi connectivity index (χ4v) is 2.20. The molecule has 0 unspecified atom stereocenters. The van der Waals surface area contributed by atoms with Crippen molar-refractivity contribution in [3.8, 4) is 11.1 Å². The molecule has 0 saturated heterocycles. The third kappa shape index (κ3) is 1.61. The number of pyridine rings is 1. The number of benzene rings is 1. The van der Waals surface area contributed by atoms with Crippen molar-refractivity contribution in [1.29, 1.82) is 0 Å². The molecule has 1 N–H and O–H groups in total. The van der Waals surface area contributed by atoms with Gasteiger partial charge in [-0.2, -0.15) is 0 Å². The Kier molecular flexibility index (Phi) is 2.45. The van der Waals surface area contributed by atoms with Gasteiger partial charge >= 0.3 is 0 Å². The molecule has 3 aromatic rings. The van der Waals surface area contributed by atoms with E-state index in [2.05, 4.69) is 9.97 Å². The Balaban J connectivity index is 2.30. The average molecular weight is 236 g/mol. The van der Waals surface area contributed by atoms with Gasteiger partial charge in [-0.15, -0.1) is 0 Å². The van der Waals surface area contributed by atoms with Crippen molar-refractivity contribution in [1.82, 2.24) is 9.97 Å². The Morgan fingerprint density at radius 3 is 2.78 bits per heavy atom. The fourth-order valence-electron chi connectivity index (χ4n) is 2.20. The summed E-state index contributed by atoms with van der Waals surface area (Å²) in [6.45, 7) is 1.59. The highest BCUT2D eigenvalue weighted by Crippen LogP contribution is 2.30. The molecule has 0 aliphatic carbocycles. The van der Waals surface area contributed by atoms with E-state index < -0.39 is 0 Å². The molecule has 0 spiro atoms. The van der Waals surface area contributed by atoms with Gasteiger partial charge in [-0.3, -0.25) is 4.79 Å². The van der Waals surface area contributed by atoms with Gasteiger partial charge < -0.3 is 4.98 Å². The molecule has 2 aromatic heterocycles. The lowest BCUT2D eigenvalue weighted by atomic mass is 9.98. The highest BCUT2D eigenvalue weighted by molar-refractivity contribution is 6.05. The Bertz CT molecular complexity index is 728. The zero-order valence-electron chi connectivity index (χ0n) is 9.97. The summed E-state index contributed by atoms with van der Waals surface area (Å²) in [4.78, 5) is 19.1. The molecule has 0 aliphatic heterocycles. The monoisotopic (exact) mass is 236 g/mol. The first-order valence-corrected chi connectivity index (χ1v) is 5.80. The summed E-state index contributed by atoms with van der Waals surface area (Å²) in [6, 6.07) is 11.5. The maximum atomic E-state index is 11.7. The van der Waals surface area contributed by atoms with Crippen LogP contribution in [-0.4, -0.2) is 15.8 Å². The van der Waals surface area contributed by atoms with E-state index in [1.165, 1.54) is 0 Å². The Hall–Kier alpha value is -2.42. The van der Waals surface area contributed by atoms with Gasteiger partial charge in [-0.25, -0.2) is 4.98 Å². The lowest BCUT2D eigenvalue weighted by Crippen LogP contribution is -1.95. The minimum atomic E-state index is 0.0730. The zero-order chi connectivity index (χ0) is 12.5. The molecule has 0 fully saturated rings. The summed E-state index contributed by atoms with van der Waals surface area (Å²) in [6.07, 6.45) is 3.65. The number of carbonyl (C=O) groups is 1. The molecule has 2 heterocycles. The highest BCUT2D eigenvalue weighted by atomic mass is 16.1. The summed E-state index contributed by atoms with van der Waals surface area (Å²) in [5, 5.41) is 1.03. The number of H-pyrrole nitrogens is 1. The minimum absolute atomic E-state index is 0.0730. The molecule has 0 bridgehead atoms. The largest absolute Gasteiger partial charge is 0.346 e. The SMILES string of the molecule is CC(=O)c1ccccc1-c1c[nH]c2ncccc12. The van der Waals surface area contributed by atoms with E-state index in [1.54, 1.807) is 13.1 Å². The molecular weight excluding hydrogens is 224 g/mol. The second-order valence-electron chi connectivity index (χ2n) is 4.20. The van der Waals surface area contributed by atoms with Crippen LogP contribution in [0.1, 0.15) is 17.3 Å².